The third kappa shape index (κ3) is 4.67. The summed E-state index contributed by atoms with van der Waals surface area (Å²) < 4.78 is 4.23. The van der Waals surface area contributed by atoms with Crippen LogP contribution in [0.25, 0.3) is 0 Å². The first-order chi connectivity index (χ1) is 8.52. The molecule has 0 saturated carbocycles. The summed E-state index contributed by atoms with van der Waals surface area (Å²) in [6.45, 7) is 0. The molecule has 96 valence electrons. The number of Topliss-reactive ketones (excluding diaryl/α,β-unsaturated/α-hetero) is 2. The van der Waals surface area contributed by atoms with Crippen molar-refractivity contribution in [2.45, 2.75) is 19.3 Å². The van der Waals surface area contributed by atoms with Crippen molar-refractivity contribution in [1.29, 1.82) is 0 Å². The minimum absolute atomic E-state index is 0.213. The Morgan fingerprint density at radius 1 is 1.17 bits per heavy atom. The SMILES string of the molecule is COC(=O)C(=O)CC(=O)CCc1ccc(Cl)cc1. The molecule has 0 saturated heterocycles. The highest BCUT2D eigenvalue weighted by Crippen LogP contribution is 2.11. The van der Waals surface area contributed by atoms with E-state index in [0.717, 1.165) is 12.7 Å². The van der Waals surface area contributed by atoms with E-state index in [2.05, 4.69) is 4.74 Å². The average molecular weight is 269 g/mol. The maximum absolute atomic E-state index is 11.5. The van der Waals surface area contributed by atoms with Gasteiger partial charge in [0.2, 0.25) is 5.78 Å². The van der Waals surface area contributed by atoms with Crippen LogP contribution < -0.4 is 0 Å². The lowest BCUT2D eigenvalue weighted by atomic mass is 10.0. The molecule has 0 spiro atoms. The molecule has 0 radical (unpaired) electrons. The summed E-state index contributed by atoms with van der Waals surface area (Å²) in [5, 5.41) is 0.631. The van der Waals surface area contributed by atoms with E-state index in [1.54, 1.807) is 12.1 Å². The number of carbonyl (C=O) groups is 3. The highest BCUT2D eigenvalue weighted by atomic mass is 35.5. The van der Waals surface area contributed by atoms with Gasteiger partial charge in [0.15, 0.2) is 0 Å². The van der Waals surface area contributed by atoms with Gasteiger partial charge in [-0.1, -0.05) is 23.7 Å². The molecular formula is C13H13ClO4. The molecule has 18 heavy (non-hydrogen) atoms. The Hall–Kier alpha value is -1.68. The Kier molecular flexibility index (Phi) is 5.52. The number of benzene rings is 1. The Balaban J connectivity index is 2.40. The second kappa shape index (κ2) is 6.91. The first kappa shape index (κ1) is 14.4. The minimum Gasteiger partial charge on any atom is -0.463 e. The van der Waals surface area contributed by atoms with Crippen LogP contribution in [0.1, 0.15) is 18.4 Å². The fraction of sp³-hybridized carbons (Fsp3) is 0.308. The molecule has 0 amide bonds. The second-order valence-corrected chi connectivity index (χ2v) is 4.19. The van der Waals surface area contributed by atoms with Gasteiger partial charge in [0.25, 0.3) is 0 Å². The maximum Gasteiger partial charge on any atom is 0.374 e. The average Bonchev–Trinajstić information content (AvgIpc) is 2.37. The Bertz CT molecular complexity index is 451. The molecule has 0 fully saturated rings. The molecule has 0 aliphatic carbocycles. The van der Waals surface area contributed by atoms with Gasteiger partial charge in [0.1, 0.15) is 5.78 Å². The fourth-order valence-electron chi connectivity index (χ4n) is 1.39. The van der Waals surface area contributed by atoms with Crippen molar-refractivity contribution < 1.29 is 19.1 Å². The molecule has 4 nitrogen and oxygen atoms in total. The molecule has 0 heterocycles. The van der Waals surface area contributed by atoms with E-state index in [1.807, 2.05) is 12.1 Å². The summed E-state index contributed by atoms with van der Waals surface area (Å²) in [6.07, 6.45) is 0.328. The van der Waals surface area contributed by atoms with Gasteiger partial charge < -0.3 is 4.74 Å². The van der Waals surface area contributed by atoms with Gasteiger partial charge in [-0.25, -0.2) is 4.79 Å². The van der Waals surface area contributed by atoms with Crippen LogP contribution in [0.4, 0.5) is 0 Å². The Morgan fingerprint density at radius 2 is 1.78 bits per heavy atom. The highest BCUT2D eigenvalue weighted by molar-refractivity contribution is 6.37. The quantitative estimate of drug-likeness (QED) is 0.450. The highest BCUT2D eigenvalue weighted by Gasteiger charge is 2.17. The van der Waals surface area contributed by atoms with Crippen LogP contribution in [0.2, 0.25) is 5.02 Å². The third-order valence-corrected chi connectivity index (χ3v) is 2.63. The van der Waals surface area contributed by atoms with E-state index in [-0.39, 0.29) is 12.2 Å². The smallest absolute Gasteiger partial charge is 0.374 e. The first-order valence-corrected chi connectivity index (χ1v) is 5.78. The second-order valence-electron chi connectivity index (χ2n) is 3.76. The standard InChI is InChI=1S/C13H13ClO4/c1-18-13(17)12(16)8-11(15)7-4-9-2-5-10(14)6-3-9/h2-3,5-6H,4,7-8H2,1H3. The van der Waals surface area contributed by atoms with Gasteiger partial charge in [0, 0.05) is 11.4 Å². The normalized spacial score (nSPS) is 9.89. The van der Waals surface area contributed by atoms with E-state index in [0.29, 0.717) is 11.4 Å². The van der Waals surface area contributed by atoms with E-state index >= 15 is 0 Å². The number of halogens is 1. The molecule has 5 heteroatoms. The van der Waals surface area contributed by atoms with Crippen molar-refractivity contribution >= 4 is 29.1 Å². The lowest BCUT2D eigenvalue weighted by Crippen LogP contribution is -2.19. The van der Waals surface area contributed by atoms with Crippen LogP contribution >= 0.6 is 11.6 Å². The molecule has 0 aromatic heterocycles. The molecular weight excluding hydrogens is 256 g/mol. The zero-order valence-corrected chi connectivity index (χ0v) is 10.7. The number of carbonyl (C=O) groups excluding carboxylic acids is 3. The Labute approximate surface area is 110 Å². The van der Waals surface area contributed by atoms with E-state index < -0.39 is 18.2 Å². The van der Waals surface area contributed by atoms with Gasteiger partial charge in [-0.05, 0) is 24.1 Å². The van der Waals surface area contributed by atoms with Crippen molar-refractivity contribution in [2.75, 3.05) is 7.11 Å². The lowest BCUT2D eigenvalue weighted by molar-refractivity contribution is -0.152. The number of methoxy groups -OCH3 is 1. The third-order valence-electron chi connectivity index (χ3n) is 2.38. The summed E-state index contributed by atoms with van der Waals surface area (Å²) in [7, 11) is 1.11. The van der Waals surface area contributed by atoms with Gasteiger partial charge >= 0.3 is 5.97 Å². The fourth-order valence-corrected chi connectivity index (χ4v) is 1.51. The van der Waals surface area contributed by atoms with Crippen molar-refractivity contribution in [3.63, 3.8) is 0 Å². The number of aryl methyl sites for hydroxylation is 1. The first-order valence-electron chi connectivity index (χ1n) is 5.40. The van der Waals surface area contributed by atoms with Gasteiger partial charge in [-0.2, -0.15) is 0 Å². The molecule has 0 N–H and O–H groups in total. The van der Waals surface area contributed by atoms with Crippen LogP contribution in [0, 0.1) is 0 Å². The predicted octanol–water partition coefficient (Wildman–Crippen LogP) is 1.97. The summed E-state index contributed by atoms with van der Waals surface area (Å²) in [4.78, 5) is 33.4. The number of ether oxygens (including phenoxy) is 1. The summed E-state index contributed by atoms with van der Waals surface area (Å²) in [5.41, 5.74) is 0.957. The summed E-state index contributed by atoms with van der Waals surface area (Å²) >= 11 is 5.73. The van der Waals surface area contributed by atoms with Crippen molar-refractivity contribution in [2.24, 2.45) is 0 Å². The largest absolute Gasteiger partial charge is 0.463 e. The van der Waals surface area contributed by atoms with Gasteiger partial charge in [-0.15, -0.1) is 0 Å². The molecule has 0 aliphatic heterocycles. The molecule has 1 rings (SSSR count). The van der Waals surface area contributed by atoms with Gasteiger partial charge in [0.05, 0.1) is 13.5 Å². The van der Waals surface area contributed by atoms with E-state index in [4.69, 9.17) is 11.6 Å². The molecule has 1 aromatic rings. The molecule has 0 unspecified atom stereocenters. The number of esters is 1. The predicted molar refractivity (Wildman–Crippen MR) is 66.4 cm³/mol. The van der Waals surface area contributed by atoms with E-state index in [9.17, 15) is 14.4 Å². The zero-order chi connectivity index (χ0) is 13.5. The molecule has 0 atom stereocenters. The van der Waals surface area contributed by atoms with Crippen LogP contribution in [-0.2, 0) is 25.5 Å². The van der Waals surface area contributed by atoms with E-state index in [1.165, 1.54) is 0 Å². The lowest BCUT2D eigenvalue weighted by Gasteiger charge is -2.01. The summed E-state index contributed by atoms with van der Waals surface area (Å²) in [5.74, 6) is -2.06. The maximum atomic E-state index is 11.5. The van der Waals surface area contributed by atoms with Crippen LogP contribution in [0.5, 0.6) is 0 Å². The number of ketones is 2. The summed E-state index contributed by atoms with van der Waals surface area (Å²) in [6, 6.07) is 7.11. The molecule has 1 aromatic carbocycles. The van der Waals surface area contributed by atoms with Crippen LogP contribution in [0.3, 0.4) is 0 Å². The van der Waals surface area contributed by atoms with Crippen LogP contribution in [0.15, 0.2) is 24.3 Å². The minimum atomic E-state index is -0.977. The van der Waals surface area contributed by atoms with Crippen molar-refractivity contribution in [3.8, 4) is 0 Å². The number of rotatable bonds is 6. The zero-order valence-electron chi connectivity index (χ0n) is 9.94. The Morgan fingerprint density at radius 3 is 2.33 bits per heavy atom. The molecule has 0 bridgehead atoms. The van der Waals surface area contributed by atoms with Crippen LogP contribution in [-0.4, -0.2) is 24.6 Å². The van der Waals surface area contributed by atoms with Gasteiger partial charge in [-0.3, -0.25) is 9.59 Å². The number of hydrogen-bond acceptors (Lipinski definition) is 4. The van der Waals surface area contributed by atoms with Crippen molar-refractivity contribution in [1.82, 2.24) is 0 Å². The topological polar surface area (TPSA) is 60.4 Å². The molecule has 0 aliphatic rings. The van der Waals surface area contributed by atoms with Crippen molar-refractivity contribution in [3.05, 3.63) is 34.9 Å². The monoisotopic (exact) mass is 268 g/mol. The number of hydrogen-bond donors (Lipinski definition) is 0.